The van der Waals surface area contributed by atoms with Crippen molar-refractivity contribution >= 4 is 33.2 Å². The van der Waals surface area contributed by atoms with E-state index in [1.165, 1.54) is 11.3 Å². The van der Waals surface area contributed by atoms with E-state index in [-0.39, 0.29) is 5.91 Å². The van der Waals surface area contributed by atoms with Crippen molar-refractivity contribution in [1.29, 1.82) is 0 Å². The number of hydrogen-bond acceptors (Lipinski definition) is 2. The van der Waals surface area contributed by atoms with Crippen LogP contribution in [0.25, 0.3) is 0 Å². The number of anilines is 2. The van der Waals surface area contributed by atoms with Crippen LogP contribution in [0.4, 0.5) is 11.4 Å². The summed E-state index contributed by atoms with van der Waals surface area (Å²) in [5.41, 5.74) is 3.31. The van der Waals surface area contributed by atoms with Crippen LogP contribution in [-0.2, 0) is 11.2 Å². The number of rotatable bonds is 3. The minimum atomic E-state index is 0.0108. The van der Waals surface area contributed by atoms with Crippen molar-refractivity contribution in [3.8, 4) is 0 Å². The molecule has 1 amide bonds. The average molecular weight is 345 g/mol. The molecule has 1 unspecified atom stereocenters. The van der Waals surface area contributed by atoms with E-state index < -0.39 is 0 Å². The lowest BCUT2D eigenvalue weighted by Gasteiger charge is -2.24. The number of halogens is 1. The molecule has 1 heterocycles. The highest BCUT2D eigenvalue weighted by molar-refractivity contribution is 9.10. The van der Waals surface area contributed by atoms with E-state index >= 15 is 0 Å². The Morgan fingerprint density at radius 2 is 2.10 bits per heavy atom. The Bertz CT molecular complexity index is 671. The number of benzene rings is 2. The first-order valence-electron chi connectivity index (χ1n) is 7.03. The maximum atomic E-state index is 12.3. The van der Waals surface area contributed by atoms with E-state index in [2.05, 4.69) is 51.3 Å². The minimum Gasteiger partial charge on any atom is -0.359 e. The first-order chi connectivity index (χ1) is 10.1. The highest BCUT2D eigenvalue weighted by Crippen LogP contribution is 2.31. The quantitative estimate of drug-likeness (QED) is 0.917. The molecule has 0 aromatic heterocycles. The Morgan fingerprint density at radius 3 is 2.90 bits per heavy atom. The molecule has 0 aliphatic carbocycles. The van der Waals surface area contributed by atoms with Crippen molar-refractivity contribution in [2.45, 2.75) is 19.4 Å². The van der Waals surface area contributed by atoms with Crippen molar-refractivity contribution in [1.82, 2.24) is 0 Å². The molecular formula is C17H17BrN2O. The molecule has 4 heteroatoms. The molecule has 0 bridgehead atoms. The van der Waals surface area contributed by atoms with Crippen LogP contribution in [0.2, 0.25) is 0 Å². The summed E-state index contributed by atoms with van der Waals surface area (Å²) in [5, 5.41) is 2.95. The molecule has 1 aliphatic heterocycles. The lowest BCUT2D eigenvalue weighted by Crippen LogP contribution is -2.37. The Kier molecular flexibility index (Phi) is 3.97. The Morgan fingerprint density at radius 1 is 1.29 bits per heavy atom. The van der Waals surface area contributed by atoms with Crippen LogP contribution in [0.3, 0.4) is 0 Å². The fourth-order valence-corrected chi connectivity index (χ4v) is 3.19. The predicted molar refractivity (Wildman–Crippen MR) is 89.7 cm³/mol. The van der Waals surface area contributed by atoms with Gasteiger partial charge < -0.3 is 10.2 Å². The van der Waals surface area contributed by atoms with Gasteiger partial charge in [0.05, 0.1) is 6.54 Å². The summed E-state index contributed by atoms with van der Waals surface area (Å²) < 4.78 is 0.959. The summed E-state index contributed by atoms with van der Waals surface area (Å²) >= 11 is 3.41. The van der Waals surface area contributed by atoms with Gasteiger partial charge in [-0.25, -0.2) is 0 Å². The van der Waals surface area contributed by atoms with E-state index in [9.17, 15) is 4.79 Å². The smallest absolute Gasteiger partial charge is 0.243 e. The summed E-state index contributed by atoms with van der Waals surface area (Å²) in [4.78, 5) is 14.4. The van der Waals surface area contributed by atoms with Gasteiger partial charge in [-0.1, -0.05) is 40.2 Å². The fourth-order valence-electron chi connectivity index (χ4n) is 2.79. The number of para-hydroxylation sites is 1. The van der Waals surface area contributed by atoms with Crippen molar-refractivity contribution in [3.63, 3.8) is 0 Å². The third-order valence-corrected chi connectivity index (χ3v) is 4.26. The number of fused-ring (bicyclic) bond motifs is 1. The van der Waals surface area contributed by atoms with Gasteiger partial charge in [0.2, 0.25) is 5.91 Å². The first kappa shape index (κ1) is 14.1. The number of carbonyl (C=O) groups excluding carboxylic acids is 1. The van der Waals surface area contributed by atoms with E-state index in [0.717, 1.165) is 16.6 Å². The van der Waals surface area contributed by atoms with Crippen LogP contribution in [0.1, 0.15) is 12.5 Å². The van der Waals surface area contributed by atoms with Crippen molar-refractivity contribution in [2.75, 3.05) is 16.8 Å². The fraction of sp³-hybridized carbons (Fsp3) is 0.235. The monoisotopic (exact) mass is 344 g/mol. The third-order valence-electron chi connectivity index (χ3n) is 3.77. The van der Waals surface area contributed by atoms with Gasteiger partial charge in [-0.3, -0.25) is 4.79 Å². The van der Waals surface area contributed by atoms with E-state index in [1.54, 1.807) is 0 Å². The van der Waals surface area contributed by atoms with Gasteiger partial charge in [0.15, 0.2) is 0 Å². The number of nitrogens with zero attached hydrogens (tertiary/aromatic N) is 1. The Balaban J connectivity index is 1.70. The van der Waals surface area contributed by atoms with E-state index in [0.29, 0.717) is 12.6 Å². The lowest BCUT2D eigenvalue weighted by molar-refractivity contribution is -0.115. The maximum Gasteiger partial charge on any atom is 0.243 e. The van der Waals surface area contributed by atoms with Crippen LogP contribution in [0, 0.1) is 0 Å². The van der Waals surface area contributed by atoms with Gasteiger partial charge in [0.25, 0.3) is 0 Å². The highest BCUT2D eigenvalue weighted by atomic mass is 79.9. The summed E-state index contributed by atoms with van der Waals surface area (Å²) in [6.07, 6.45) is 1.00. The normalized spacial score (nSPS) is 16.7. The Hall–Kier alpha value is -1.81. The highest BCUT2D eigenvalue weighted by Gasteiger charge is 2.26. The van der Waals surface area contributed by atoms with Crippen LogP contribution in [0.15, 0.2) is 53.0 Å². The Labute approximate surface area is 133 Å². The maximum absolute atomic E-state index is 12.3. The standard InChI is InChI=1S/C17H17BrN2O/c1-12-9-13-5-2-3-8-16(13)20(12)11-17(21)19-15-7-4-6-14(18)10-15/h2-8,10,12H,9,11H2,1H3,(H,19,21). The summed E-state index contributed by atoms with van der Waals surface area (Å²) in [7, 11) is 0. The first-order valence-corrected chi connectivity index (χ1v) is 7.83. The SMILES string of the molecule is CC1Cc2ccccc2N1CC(=O)Nc1cccc(Br)c1. The third kappa shape index (κ3) is 3.10. The van der Waals surface area contributed by atoms with Gasteiger partial charge in [-0.2, -0.15) is 0 Å². The van der Waals surface area contributed by atoms with Crippen LogP contribution in [-0.4, -0.2) is 18.5 Å². The molecule has 21 heavy (non-hydrogen) atoms. The van der Waals surface area contributed by atoms with Crippen LogP contribution < -0.4 is 10.2 Å². The number of hydrogen-bond donors (Lipinski definition) is 1. The zero-order valence-corrected chi connectivity index (χ0v) is 13.4. The molecule has 3 nitrogen and oxygen atoms in total. The summed E-state index contributed by atoms with van der Waals surface area (Å²) in [6, 6.07) is 16.3. The van der Waals surface area contributed by atoms with Gasteiger partial charge in [0, 0.05) is 21.9 Å². The number of carbonyl (C=O) groups is 1. The molecule has 108 valence electrons. The molecule has 1 atom stereocenters. The molecule has 0 saturated carbocycles. The molecule has 0 spiro atoms. The van der Waals surface area contributed by atoms with Crippen molar-refractivity contribution in [3.05, 3.63) is 58.6 Å². The van der Waals surface area contributed by atoms with E-state index in [1.807, 2.05) is 30.3 Å². The number of amides is 1. The van der Waals surface area contributed by atoms with Crippen molar-refractivity contribution in [2.24, 2.45) is 0 Å². The van der Waals surface area contributed by atoms with Gasteiger partial charge in [0.1, 0.15) is 0 Å². The largest absolute Gasteiger partial charge is 0.359 e. The molecule has 0 fully saturated rings. The molecule has 1 aliphatic rings. The molecule has 0 radical (unpaired) electrons. The van der Waals surface area contributed by atoms with Gasteiger partial charge in [-0.15, -0.1) is 0 Å². The summed E-state index contributed by atoms with van der Waals surface area (Å²) in [6.45, 7) is 2.54. The van der Waals surface area contributed by atoms with Crippen LogP contribution >= 0.6 is 15.9 Å². The molecule has 0 saturated heterocycles. The summed E-state index contributed by atoms with van der Waals surface area (Å²) in [5.74, 6) is 0.0108. The average Bonchev–Trinajstić information content (AvgIpc) is 2.75. The topological polar surface area (TPSA) is 32.3 Å². The number of nitrogens with one attached hydrogen (secondary N) is 1. The van der Waals surface area contributed by atoms with Crippen LogP contribution in [0.5, 0.6) is 0 Å². The van der Waals surface area contributed by atoms with E-state index in [4.69, 9.17) is 0 Å². The second kappa shape index (κ2) is 5.90. The molecule has 2 aromatic rings. The molecule has 1 N–H and O–H groups in total. The van der Waals surface area contributed by atoms with Crippen molar-refractivity contribution < 1.29 is 4.79 Å². The molecular weight excluding hydrogens is 328 g/mol. The lowest BCUT2D eigenvalue weighted by atomic mass is 10.1. The minimum absolute atomic E-state index is 0.0108. The van der Waals surface area contributed by atoms with Gasteiger partial charge >= 0.3 is 0 Å². The second-order valence-corrected chi connectivity index (χ2v) is 6.28. The zero-order chi connectivity index (χ0) is 14.8. The zero-order valence-electron chi connectivity index (χ0n) is 11.8. The molecule has 3 rings (SSSR count). The second-order valence-electron chi connectivity index (χ2n) is 5.37. The predicted octanol–water partition coefficient (Wildman–Crippen LogP) is 3.84. The van der Waals surface area contributed by atoms with Gasteiger partial charge in [-0.05, 0) is 43.2 Å². The molecule has 2 aromatic carbocycles.